The van der Waals surface area contributed by atoms with Crippen LogP contribution in [-0.4, -0.2) is 36.1 Å². The number of aromatic nitrogens is 1. The fourth-order valence-corrected chi connectivity index (χ4v) is 5.63. The summed E-state index contributed by atoms with van der Waals surface area (Å²) in [5.41, 5.74) is 0.968. The van der Waals surface area contributed by atoms with Crippen molar-refractivity contribution < 1.29 is 32.2 Å². The zero-order chi connectivity index (χ0) is 27.1. The summed E-state index contributed by atoms with van der Waals surface area (Å²) in [7, 11) is 0. The molecule has 2 heterocycles. The zero-order valence-electron chi connectivity index (χ0n) is 21.9. The second-order valence-electron chi connectivity index (χ2n) is 10.9. The van der Waals surface area contributed by atoms with Gasteiger partial charge in [0.1, 0.15) is 18.0 Å². The molecule has 3 aliphatic rings. The Balaban J connectivity index is 1.35. The van der Waals surface area contributed by atoms with Crippen LogP contribution in [0.2, 0.25) is 0 Å². The highest BCUT2D eigenvalue weighted by molar-refractivity contribution is 5.94. The van der Waals surface area contributed by atoms with E-state index >= 15 is 0 Å². The minimum Gasteiger partial charge on any atom is -0.490 e. The maximum Gasteiger partial charge on any atom is 0.419 e. The van der Waals surface area contributed by atoms with Gasteiger partial charge in [-0.05, 0) is 74.8 Å². The molecule has 1 atom stereocenters. The number of alkyl halides is 3. The molecule has 1 aromatic heterocycles. The maximum atomic E-state index is 14.6. The second-order valence-corrected chi connectivity index (χ2v) is 10.9. The van der Waals surface area contributed by atoms with Gasteiger partial charge in [-0.15, -0.1) is 0 Å². The first-order chi connectivity index (χ1) is 18.8. The number of rotatable bonds is 7. The smallest absolute Gasteiger partial charge is 0.419 e. The van der Waals surface area contributed by atoms with Crippen LogP contribution >= 0.6 is 0 Å². The van der Waals surface area contributed by atoms with Gasteiger partial charge in [0.25, 0.3) is 0 Å². The minimum absolute atomic E-state index is 0.0103. The number of ether oxygens (including phenoxy) is 3. The highest BCUT2D eigenvalue weighted by Crippen LogP contribution is 2.49. The van der Waals surface area contributed by atoms with Crippen molar-refractivity contribution in [3.8, 4) is 17.0 Å². The molecule has 1 amide bonds. The van der Waals surface area contributed by atoms with Gasteiger partial charge in [-0.3, -0.25) is 5.32 Å². The summed E-state index contributed by atoms with van der Waals surface area (Å²) in [5.74, 6) is 0.987. The van der Waals surface area contributed by atoms with E-state index in [-0.39, 0.29) is 29.3 Å². The summed E-state index contributed by atoms with van der Waals surface area (Å²) >= 11 is 0. The number of anilines is 1. The van der Waals surface area contributed by atoms with Gasteiger partial charge in [-0.1, -0.05) is 12.1 Å². The summed E-state index contributed by atoms with van der Waals surface area (Å²) in [5, 5.41) is 2.87. The zero-order valence-corrected chi connectivity index (χ0v) is 21.9. The fourth-order valence-electron chi connectivity index (χ4n) is 5.63. The molecule has 39 heavy (non-hydrogen) atoms. The Labute approximate surface area is 225 Å². The van der Waals surface area contributed by atoms with Crippen molar-refractivity contribution in [1.29, 1.82) is 0 Å². The van der Waals surface area contributed by atoms with Crippen LogP contribution in [0.4, 0.5) is 23.7 Å². The van der Waals surface area contributed by atoms with E-state index in [1.807, 2.05) is 11.5 Å². The van der Waals surface area contributed by atoms with Crippen LogP contribution in [0.5, 0.6) is 5.75 Å². The minimum atomic E-state index is -4.55. The third-order valence-corrected chi connectivity index (χ3v) is 8.15. The molecule has 1 N–H and O–H groups in total. The van der Waals surface area contributed by atoms with E-state index < -0.39 is 17.8 Å². The van der Waals surface area contributed by atoms with Gasteiger partial charge < -0.3 is 18.8 Å². The molecule has 2 saturated carbocycles. The highest BCUT2D eigenvalue weighted by Gasteiger charge is 2.41. The van der Waals surface area contributed by atoms with Crippen molar-refractivity contribution >= 4 is 22.7 Å². The Morgan fingerprint density at radius 2 is 1.74 bits per heavy atom. The summed E-state index contributed by atoms with van der Waals surface area (Å²) in [4.78, 5) is 12.3. The molecular weight excluding hydrogens is 509 g/mol. The van der Waals surface area contributed by atoms with Crippen molar-refractivity contribution in [1.82, 2.24) is 4.57 Å². The molecule has 208 valence electrons. The first-order valence-electron chi connectivity index (χ1n) is 13.9. The molecule has 2 aliphatic carbocycles. The number of hydrogen-bond donors (Lipinski definition) is 1. The topological polar surface area (TPSA) is 61.7 Å². The monoisotopic (exact) mass is 542 g/mol. The lowest BCUT2D eigenvalue weighted by atomic mass is 9.92. The van der Waals surface area contributed by atoms with Gasteiger partial charge in [-0.2, -0.15) is 13.2 Å². The number of nitrogens with one attached hydrogen (secondary N) is 1. The van der Waals surface area contributed by atoms with E-state index in [0.29, 0.717) is 41.6 Å². The number of hydrogen-bond acceptors (Lipinski definition) is 4. The molecule has 9 heteroatoms. The first kappa shape index (κ1) is 26.0. The Bertz CT molecular complexity index is 1340. The number of fused-ring (bicyclic) bond motifs is 1. The molecule has 0 bridgehead atoms. The average molecular weight is 543 g/mol. The van der Waals surface area contributed by atoms with Crippen molar-refractivity contribution in [3.63, 3.8) is 0 Å². The van der Waals surface area contributed by atoms with Crippen LogP contribution < -0.4 is 10.1 Å². The molecule has 3 fully saturated rings. The Morgan fingerprint density at radius 3 is 2.36 bits per heavy atom. The van der Waals surface area contributed by atoms with Crippen LogP contribution in [0, 0.1) is 5.92 Å². The standard InChI is InChI=1S/C30H33F3N2O4/c1-18(19-5-6-19)38-29(36)34-21-9-7-20(8-10-21)28-27(30(31,32)33)25-12-11-24(39-23-13-15-37-16-14-23)17-26(25)35(28)22-3-2-4-22/h7-12,17-19,22-23H,2-6,13-16H2,1H3,(H,34,36). The Hall–Kier alpha value is -3.20. The van der Waals surface area contributed by atoms with Crippen LogP contribution in [-0.2, 0) is 15.7 Å². The van der Waals surface area contributed by atoms with Gasteiger partial charge in [-0.25, -0.2) is 4.79 Å². The summed E-state index contributed by atoms with van der Waals surface area (Å²) in [6.45, 7) is 3.12. The van der Waals surface area contributed by atoms with E-state index in [9.17, 15) is 18.0 Å². The predicted octanol–water partition coefficient (Wildman–Crippen LogP) is 7.96. The van der Waals surface area contributed by atoms with Crippen molar-refractivity contribution in [2.75, 3.05) is 18.5 Å². The molecule has 1 aliphatic heterocycles. The number of carbonyl (C=O) groups excluding carboxylic acids is 1. The molecular formula is C30H33F3N2O4. The van der Waals surface area contributed by atoms with Crippen LogP contribution in [0.3, 0.4) is 0 Å². The number of amides is 1. The van der Waals surface area contributed by atoms with Crippen LogP contribution in [0.25, 0.3) is 22.2 Å². The maximum absolute atomic E-state index is 14.6. The lowest BCUT2D eigenvalue weighted by Crippen LogP contribution is -2.25. The van der Waals surface area contributed by atoms with E-state index in [0.717, 1.165) is 44.9 Å². The molecule has 0 radical (unpaired) electrons. The summed E-state index contributed by atoms with van der Waals surface area (Å²) < 4.78 is 62.8. The molecule has 2 aromatic carbocycles. The van der Waals surface area contributed by atoms with E-state index in [1.165, 1.54) is 0 Å². The highest BCUT2D eigenvalue weighted by atomic mass is 19.4. The lowest BCUT2D eigenvalue weighted by molar-refractivity contribution is -0.135. The lowest BCUT2D eigenvalue weighted by Gasteiger charge is -2.30. The fraction of sp³-hybridized carbons (Fsp3) is 0.500. The van der Waals surface area contributed by atoms with Gasteiger partial charge in [0, 0.05) is 36.0 Å². The molecule has 0 spiro atoms. The third-order valence-electron chi connectivity index (χ3n) is 8.15. The van der Waals surface area contributed by atoms with Gasteiger partial charge in [0.15, 0.2) is 0 Å². The quantitative estimate of drug-likeness (QED) is 0.329. The number of benzene rings is 2. The third kappa shape index (κ3) is 5.46. The largest absolute Gasteiger partial charge is 0.490 e. The van der Waals surface area contributed by atoms with Crippen LogP contribution in [0.15, 0.2) is 42.5 Å². The Kier molecular flexibility index (Phi) is 6.95. The predicted molar refractivity (Wildman–Crippen MR) is 142 cm³/mol. The molecule has 1 unspecified atom stereocenters. The van der Waals surface area contributed by atoms with Crippen molar-refractivity contribution in [2.45, 2.75) is 76.3 Å². The van der Waals surface area contributed by atoms with Gasteiger partial charge in [0.2, 0.25) is 0 Å². The number of halogens is 3. The van der Waals surface area contributed by atoms with Gasteiger partial charge >= 0.3 is 12.3 Å². The summed E-state index contributed by atoms with van der Waals surface area (Å²) in [6.07, 6.45) is 0.986. The van der Waals surface area contributed by atoms with Gasteiger partial charge in [0.05, 0.1) is 30.0 Å². The van der Waals surface area contributed by atoms with Crippen LogP contribution in [0.1, 0.15) is 63.5 Å². The SMILES string of the molecule is CC(OC(=O)Nc1ccc(-c2c(C(F)(F)F)c3ccc(OC4CCOCC4)cc3n2C2CCC2)cc1)C1CC1. The number of carbonyl (C=O) groups is 1. The van der Waals surface area contributed by atoms with E-state index in [4.69, 9.17) is 14.2 Å². The van der Waals surface area contributed by atoms with Crippen molar-refractivity contribution in [2.24, 2.45) is 5.92 Å². The van der Waals surface area contributed by atoms with E-state index in [1.54, 1.807) is 42.5 Å². The molecule has 6 rings (SSSR count). The van der Waals surface area contributed by atoms with E-state index in [2.05, 4.69) is 5.32 Å². The summed E-state index contributed by atoms with van der Waals surface area (Å²) in [6, 6.07) is 11.4. The normalized spacial score (nSPS) is 19.5. The molecule has 6 nitrogen and oxygen atoms in total. The number of nitrogens with zero attached hydrogens (tertiary/aromatic N) is 1. The second kappa shape index (κ2) is 10.4. The van der Waals surface area contributed by atoms with Crippen molar-refractivity contribution in [3.05, 3.63) is 48.0 Å². The average Bonchev–Trinajstić information content (AvgIpc) is 3.67. The molecule has 3 aromatic rings. The molecule has 1 saturated heterocycles. The first-order valence-corrected chi connectivity index (χ1v) is 13.9. The Morgan fingerprint density at radius 1 is 1.03 bits per heavy atom.